The van der Waals surface area contributed by atoms with Crippen molar-refractivity contribution in [1.29, 1.82) is 0 Å². The predicted octanol–water partition coefficient (Wildman–Crippen LogP) is 5.89. The zero-order chi connectivity index (χ0) is 20.6. The van der Waals surface area contributed by atoms with Crippen molar-refractivity contribution in [2.75, 3.05) is 0 Å². The smallest absolute Gasteiger partial charge is 0.358 e. The molecule has 2 rings (SSSR count). The van der Waals surface area contributed by atoms with Crippen molar-refractivity contribution in [1.82, 2.24) is 0 Å². The summed E-state index contributed by atoms with van der Waals surface area (Å²) >= 11 is 0. The molecule has 0 aromatic heterocycles. The molecule has 29 heavy (non-hydrogen) atoms. The van der Waals surface area contributed by atoms with Gasteiger partial charge in [-0.15, -0.1) is 0 Å². The van der Waals surface area contributed by atoms with E-state index < -0.39 is 32.3 Å². The van der Waals surface area contributed by atoms with E-state index in [0.29, 0.717) is 0 Å². The molecule has 0 radical (unpaired) electrons. The Morgan fingerprint density at radius 2 is 0.759 bits per heavy atom. The van der Waals surface area contributed by atoms with Gasteiger partial charge in [0.25, 0.3) is 0 Å². The van der Waals surface area contributed by atoms with Crippen molar-refractivity contribution < 1.29 is 21.7 Å². The Morgan fingerprint density at radius 1 is 0.517 bits per heavy atom. The van der Waals surface area contributed by atoms with Crippen LogP contribution in [0.2, 0.25) is 78.6 Å². The molecule has 0 fully saturated rings. The second kappa shape index (κ2) is 11.8. The van der Waals surface area contributed by atoms with Gasteiger partial charge in [-0.3, -0.25) is 0 Å². The Morgan fingerprint density at radius 3 is 0.862 bits per heavy atom. The minimum atomic E-state index is -1.07. The molecule has 2 aromatic carbocycles. The van der Waals surface area contributed by atoms with Crippen molar-refractivity contribution in [3.8, 4) is 0 Å². The molecular formula is C24H48Si4Ti. The van der Waals surface area contributed by atoms with E-state index in [9.17, 15) is 0 Å². The monoisotopic (exact) mass is 496 g/mol. The zero-order valence-electron chi connectivity index (χ0n) is 22.0. The van der Waals surface area contributed by atoms with Crippen LogP contribution >= 0.6 is 0 Å². The van der Waals surface area contributed by atoms with Crippen LogP contribution in [-0.4, -0.2) is 32.3 Å². The fraction of sp³-hybridized carbons (Fsp3) is 0.500. The summed E-state index contributed by atoms with van der Waals surface area (Å²) in [4.78, 5) is 0. The van der Waals surface area contributed by atoms with Crippen LogP contribution in [0.5, 0.6) is 0 Å². The first-order chi connectivity index (χ1) is 11.4. The Kier molecular flexibility index (Phi) is 13.8. The maximum atomic E-state index is 2.46. The van der Waals surface area contributed by atoms with Crippen LogP contribution in [0.4, 0.5) is 0 Å². The van der Waals surface area contributed by atoms with E-state index in [-0.39, 0.29) is 36.6 Å². The Hall–Kier alpha value is 0.282. The summed E-state index contributed by atoms with van der Waals surface area (Å²) in [7, 11) is -4.28. The van der Waals surface area contributed by atoms with Gasteiger partial charge >= 0.3 is 21.7 Å². The van der Waals surface area contributed by atoms with E-state index in [0.717, 1.165) is 0 Å². The van der Waals surface area contributed by atoms with Gasteiger partial charge in [-0.1, -0.05) is 78.6 Å². The van der Waals surface area contributed by atoms with Crippen LogP contribution in [0.3, 0.4) is 0 Å². The molecule has 0 unspecified atom stereocenters. The number of rotatable bonds is 4. The summed E-state index contributed by atoms with van der Waals surface area (Å²) in [5.74, 6) is 0. The summed E-state index contributed by atoms with van der Waals surface area (Å²) < 4.78 is 0. The number of hydrogen-bond acceptors (Lipinski definition) is 0. The maximum Gasteiger partial charge on any atom is 4.00 e. The van der Waals surface area contributed by atoms with Gasteiger partial charge in [0, 0.05) is 32.3 Å². The largest absolute Gasteiger partial charge is 4.00 e. The van der Waals surface area contributed by atoms with Crippen molar-refractivity contribution in [2.45, 2.75) is 78.6 Å². The van der Waals surface area contributed by atoms with Gasteiger partial charge in [-0.2, -0.15) is 34.6 Å². The second-order valence-electron chi connectivity index (χ2n) is 11.8. The molecule has 0 bridgehead atoms. The third kappa shape index (κ3) is 10.9. The molecular weight excluding hydrogens is 448 g/mol. The summed E-state index contributed by atoms with van der Waals surface area (Å²) in [5.41, 5.74) is 0. The van der Waals surface area contributed by atoms with Crippen molar-refractivity contribution in [2.24, 2.45) is 0 Å². The van der Waals surface area contributed by atoms with Gasteiger partial charge in [0.15, 0.2) is 0 Å². The van der Waals surface area contributed by atoms with E-state index in [4.69, 9.17) is 0 Å². The van der Waals surface area contributed by atoms with Crippen LogP contribution < -0.4 is 20.7 Å². The minimum Gasteiger partial charge on any atom is -0.358 e. The minimum absolute atomic E-state index is 0. The van der Waals surface area contributed by atoms with Crippen LogP contribution in [-0.2, 0) is 21.7 Å². The molecule has 0 aliphatic heterocycles. The van der Waals surface area contributed by atoms with E-state index in [1.807, 2.05) is 0 Å². The predicted molar refractivity (Wildman–Crippen MR) is 149 cm³/mol. The molecule has 0 atom stereocenters. The fourth-order valence-electron chi connectivity index (χ4n) is 2.75. The average molecular weight is 497 g/mol. The van der Waals surface area contributed by atoms with E-state index >= 15 is 0 Å². The first-order valence-electron chi connectivity index (χ1n) is 9.98. The van der Waals surface area contributed by atoms with Gasteiger partial charge in [0.2, 0.25) is 0 Å². The molecule has 0 spiro atoms. The molecule has 0 nitrogen and oxygen atoms in total. The zero-order valence-corrected chi connectivity index (χ0v) is 27.5. The summed E-state index contributed by atoms with van der Waals surface area (Å²) in [5, 5.41) is 6.46. The Bertz CT molecular complexity index is 580. The first-order valence-corrected chi connectivity index (χ1v) is 24.0. The molecule has 0 aliphatic rings. The van der Waals surface area contributed by atoms with Gasteiger partial charge in [-0.05, 0) is 0 Å². The number of hydrogen-bond donors (Lipinski definition) is 0. The Labute approximate surface area is 203 Å². The normalized spacial score (nSPS) is 12.0. The molecule has 164 valence electrons. The second-order valence-corrected chi connectivity index (χ2v) is 32.1. The van der Waals surface area contributed by atoms with Crippen LogP contribution in [0.15, 0.2) is 36.4 Å². The molecule has 2 aromatic rings. The molecule has 0 heterocycles. The molecule has 0 aliphatic carbocycles. The summed E-state index contributed by atoms with van der Waals surface area (Å²) in [6.45, 7) is 29.0. The third-order valence-electron chi connectivity index (χ3n) is 4.97. The SMILES string of the molecule is C[Si](C)(C)c1cc[c-]([Si](C)(C)C)c1.C[Si](C)(C)c1cc[c-]([Si](C)(C)C)c1.[CH3-].[CH3-].[Ti+4]. The van der Waals surface area contributed by atoms with Crippen LogP contribution in [0.1, 0.15) is 0 Å². The Balaban J connectivity index is -0.000000422. The van der Waals surface area contributed by atoms with E-state index in [1.165, 1.54) is 0 Å². The van der Waals surface area contributed by atoms with Crippen molar-refractivity contribution in [3.63, 3.8) is 0 Å². The summed E-state index contributed by atoms with van der Waals surface area (Å²) in [6, 6.07) is 14.3. The van der Waals surface area contributed by atoms with Gasteiger partial charge < -0.3 is 14.9 Å². The van der Waals surface area contributed by atoms with Gasteiger partial charge in [0.1, 0.15) is 0 Å². The van der Waals surface area contributed by atoms with Crippen LogP contribution in [0.25, 0.3) is 0 Å². The maximum absolute atomic E-state index is 2.46. The fourth-order valence-corrected chi connectivity index (χ4v) is 7.73. The molecule has 0 saturated heterocycles. The van der Waals surface area contributed by atoms with Crippen molar-refractivity contribution in [3.05, 3.63) is 51.3 Å². The van der Waals surface area contributed by atoms with Crippen molar-refractivity contribution >= 4 is 53.0 Å². The average Bonchev–Trinajstić information content (AvgIpc) is 3.06. The van der Waals surface area contributed by atoms with E-state index in [2.05, 4.69) is 115 Å². The standard InChI is InChI=1S/2C11H21Si2.2CH3.Ti/c2*1-12(2,3)10-7-8-11(9-10)13(4,5)6;;;/h2*7-9H,1-6H3;2*1H3;/q4*-1;+4. The van der Waals surface area contributed by atoms with Gasteiger partial charge in [0.05, 0.1) is 0 Å². The third-order valence-corrected chi connectivity index (χ3v) is 13.1. The quantitative estimate of drug-likeness (QED) is 0.366. The molecule has 5 heteroatoms. The topological polar surface area (TPSA) is 0 Å². The van der Waals surface area contributed by atoms with Crippen LogP contribution in [0, 0.1) is 14.9 Å². The summed E-state index contributed by atoms with van der Waals surface area (Å²) in [6.07, 6.45) is 0. The molecule has 0 saturated carbocycles. The first kappa shape index (κ1) is 33.9. The van der Waals surface area contributed by atoms with Gasteiger partial charge in [-0.25, -0.2) is 22.5 Å². The molecule has 0 N–H and O–H groups in total. The molecule has 0 amide bonds. The van der Waals surface area contributed by atoms with E-state index in [1.54, 1.807) is 20.7 Å².